The maximum absolute atomic E-state index is 13.1. The summed E-state index contributed by atoms with van der Waals surface area (Å²) in [5.74, 6) is -0.712. The third-order valence-corrected chi connectivity index (χ3v) is 11.6. The van der Waals surface area contributed by atoms with Gasteiger partial charge >= 0.3 is 10.4 Å². The van der Waals surface area contributed by atoms with E-state index in [1.54, 1.807) is 6.08 Å². The van der Waals surface area contributed by atoms with Crippen LogP contribution in [0.5, 0.6) is 0 Å². The number of ether oxygens (including phenoxy) is 2. The Bertz CT molecular complexity index is 1170. The molecule has 348 valence electrons. The van der Waals surface area contributed by atoms with E-state index < -0.39 is 78.5 Å². The molecule has 1 rings (SSSR count). The van der Waals surface area contributed by atoms with Crippen molar-refractivity contribution in [3.05, 3.63) is 24.3 Å². The Balaban J connectivity index is 2.50. The summed E-state index contributed by atoms with van der Waals surface area (Å²) in [7, 11) is -5.12. The fourth-order valence-corrected chi connectivity index (χ4v) is 7.87. The summed E-state index contributed by atoms with van der Waals surface area (Å²) in [4.78, 5) is 13.1. The molecule has 1 heterocycles. The maximum Gasteiger partial charge on any atom is 0.397 e. The van der Waals surface area contributed by atoms with Crippen LogP contribution < -0.4 is 5.32 Å². The van der Waals surface area contributed by atoms with Crippen LogP contribution in [0, 0.1) is 0 Å². The molecule has 0 aromatic heterocycles. The standard InChI is InChI=1S/C45H85NO12S/c1-3-5-7-9-11-13-15-16-17-18-19-20-21-22-23-24-26-28-30-32-34-39(49)44(52)46-37(38(48)33-31-29-27-25-14-12-10-8-6-4-2)36-56-45-42(51)43(58-59(53,54)55)41(50)40(35-47)57-45/h14,25,31,33,37-43,45,47-51H,3-13,15-24,26-30,32,34-36H2,1-2H3,(H,46,52)(H,53,54,55)/b25-14+,33-31+. The minimum atomic E-state index is -5.12. The Morgan fingerprint density at radius 3 is 1.63 bits per heavy atom. The summed E-state index contributed by atoms with van der Waals surface area (Å²) in [6, 6.07) is -1.13. The van der Waals surface area contributed by atoms with Crippen LogP contribution in [0.15, 0.2) is 24.3 Å². The fourth-order valence-electron chi connectivity index (χ4n) is 7.36. The number of amides is 1. The maximum atomic E-state index is 13.1. The molecule has 1 fully saturated rings. The van der Waals surface area contributed by atoms with E-state index in [2.05, 4.69) is 35.5 Å². The molecule has 0 aromatic rings. The second-order valence-corrected chi connectivity index (χ2v) is 17.5. The molecule has 13 nitrogen and oxygen atoms in total. The van der Waals surface area contributed by atoms with Crippen molar-refractivity contribution in [2.45, 2.75) is 243 Å². The summed E-state index contributed by atoms with van der Waals surface area (Å²) in [5, 5.41) is 55.0. The molecule has 0 saturated carbocycles. The predicted molar refractivity (Wildman–Crippen MR) is 233 cm³/mol. The summed E-state index contributed by atoms with van der Waals surface area (Å²) in [5.41, 5.74) is 0. The first kappa shape index (κ1) is 55.6. The van der Waals surface area contributed by atoms with Gasteiger partial charge in [-0.1, -0.05) is 186 Å². The molecular formula is C45H85NO12S. The molecule has 0 bridgehead atoms. The molecule has 1 aliphatic rings. The second-order valence-electron chi connectivity index (χ2n) is 16.5. The van der Waals surface area contributed by atoms with Crippen molar-refractivity contribution < 1.29 is 57.0 Å². The Morgan fingerprint density at radius 1 is 0.678 bits per heavy atom. The van der Waals surface area contributed by atoms with E-state index in [4.69, 9.17) is 14.0 Å². The van der Waals surface area contributed by atoms with Crippen molar-refractivity contribution in [3.63, 3.8) is 0 Å². The molecule has 0 spiro atoms. The molecule has 1 aliphatic heterocycles. The van der Waals surface area contributed by atoms with Crippen LogP contribution >= 0.6 is 0 Å². The predicted octanol–water partition coefficient (Wildman–Crippen LogP) is 7.91. The van der Waals surface area contributed by atoms with E-state index in [0.717, 1.165) is 38.5 Å². The first-order valence-electron chi connectivity index (χ1n) is 23.3. The van der Waals surface area contributed by atoms with Crippen LogP contribution in [0.1, 0.15) is 194 Å². The first-order chi connectivity index (χ1) is 28.4. The van der Waals surface area contributed by atoms with Crippen molar-refractivity contribution in [3.8, 4) is 0 Å². The molecule has 14 heteroatoms. The van der Waals surface area contributed by atoms with Crippen LogP contribution in [0.25, 0.3) is 0 Å². The Kier molecular flexibility index (Phi) is 34.0. The number of carbonyl (C=O) groups is 1. The number of rotatable bonds is 39. The van der Waals surface area contributed by atoms with E-state index in [1.807, 2.05) is 0 Å². The summed E-state index contributed by atoms with van der Waals surface area (Å²) >= 11 is 0. The molecule has 59 heavy (non-hydrogen) atoms. The lowest BCUT2D eigenvalue weighted by Crippen LogP contribution is -2.61. The van der Waals surface area contributed by atoms with Gasteiger partial charge in [-0.2, -0.15) is 8.42 Å². The highest BCUT2D eigenvalue weighted by atomic mass is 32.3. The molecule has 8 atom stereocenters. The van der Waals surface area contributed by atoms with Gasteiger partial charge in [0.2, 0.25) is 5.91 Å². The van der Waals surface area contributed by atoms with E-state index in [-0.39, 0.29) is 6.42 Å². The number of aliphatic hydroxyl groups excluding tert-OH is 5. The Labute approximate surface area is 357 Å². The van der Waals surface area contributed by atoms with Gasteiger partial charge in [-0.05, 0) is 32.1 Å². The van der Waals surface area contributed by atoms with E-state index in [1.165, 1.54) is 128 Å². The van der Waals surface area contributed by atoms with Crippen molar-refractivity contribution in [1.29, 1.82) is 0 Å². The Hall–Kier alpha value is -1.46. The molecule has 1 saturated heterocycles. The minimum Gasteiger partial charge on any atom is -0.394 e. The number of hydrogen-bond donors (Lipinski definition) is 7. The van der Waals surface area contributed by atoms with Gasteiger partial charge in [0, 0.05) is 0 Å². The largest absolute Gasteiger partial charge is 0.397 e. The summed E-state index contributed by atoms with van der Waals surface area (Å²) in [6.45, 7) is 3.16. The fraction of sp³-hybridized carbons (Fsp3) is 0.889. The molecule has 7 N–H and O–H groups in total. The number of unbranched alkanes of at least 4 members (excludes halogenated alkanes) is 24. The lowest BCUT2D eigenvalue weighted by molar-refractivity contribution is -0.298. The van der Waals surface area contributed by atoms with Crippen molar-refractivity contribution >= 4 is 16.3 Å². The highest BCUT2D eigenvalue weighted by molar-refractivity contribution is 7.80. The lowest BCUT2D eigenvalue weighted by Gasteiger charge is -2.41. The van der Waals surface area contributed by atoms with E-state index >= 15 is 0 Å². The summed E-state index contributed by atoms with van der Waals surface area (Å²) in [6.07, 6.45) is 28.6. The van der Waals surface area contributed by atoms with Crippen molar-refractivity contribution in [2.75, 3.05) is 13.2 Å². The highest BCUT2D eigenvalue weighted by Gasteiger charge is 2.48. The van der Waals surface area contributed by atoms with Gasteiger partial charge in [-0.3, -0.25) is 9.35 Å². The van der Waals surface area contributed by atoms with Crippen LogP contribution in [0.2, 0.25) is 0 Å². The number of allylic oxidation sites excluding steroid dienone is 3. The zero-order valence-corrected chi connectivity index (χ0v) is 37.5. The molecule has 0 aliphatic carbocycles. The van der Waals surface area contributed by atoms with Gasteiger partial charge in [0.05, 0.1) is 25.4 Å². The zero-order chi connectivity index (χ0) is 43.6. The number of hydrogen-bond acceptors (Lipinski definition) is 11. The van der Waals surface area contributed by atoms with Crippen LogP contribution in [-0.4, -0.2) is 107 Å². The third-order valence-electron chi connectivity index (χ3n) is 11.1. The normalized spacial score (nSPS) is 21.7. The van der Waals surface area contributed by atoms with Gasteiger partial charge in [0.1, 0.15) is 30.5 Å². The second kappa shape index (κ2) is 36.1. The topological polar surface area (TPSA) is 212 Å². The molecular weight excluding hydrogens is 779 g/mol. The van der Waals surface area contributed by atoms with E-state index in [0.29, 0.717) is 12.8 Å². The smallest absolute Gasteiger partial charge is 0.394 e. The van der Waals surface area contributed by atoms with E-state index in [9.17, 15) is 38.7 Å². The minimum absolute atomic E-state index is 0.240. The number of aliphatic hydroxyl groups is 5. The summed E-state index contributed by atoms with van der Waals surface area (Å²) < 4.78 is 47.4. The van der Waals surface area contributed by atoms with Crippen molar-refractivity contribution in [2.24, 2.45) is 0 Å². The van der Waals surface area contributed by atoms with Gasteiger partial charge in [-0.25, -0.2) is 4.18 Å². The molecule has 8 unspecified atom stereocenters. The first-order valence-corrected chi connectivity index (χ1v) is 24.7. The molecule has 1 amide bonds. The van der Waals surface area contributed by atoms with Gasteiger partial charge in [0.15, 0.2) is 6.29 Å². The third kappa shape index (κ3) is 28.7. The zero-order valence-electron chi connectivity index (χ0n) is 36.7. The number of carbonyl (C=O) groups excluding carboxylic acids is 1. The SMILES string of the molecule is CCCCCC/C=C/CC/C=C/C(O)C(COC1OC(CO)C(O)C(OS(=O)(=O)O)C1O)NC(=O)C(O)CCCCCCCCCCCCCCCCCCCCCC. The highest BCUT2D eigenvalue weighted by Crippen LogP contribution is 2.26. The van der Waals surface area contributed by atoms with Crippen LogP contribution in [0.4, 0.5) is 0 Å². The lowest BCUT2D eigenvalue weighted by atomic mass is 9.99. The number of nitrogens with one attached hydrogen (secondary N) is 1. The monoisotopic (exact) mass is 864 g/mol. The van der Waals surface area contributed by atoms with Gasteiger partial charge in [0.25, 0.3) is 0 Å². The average Bonchev–Trinajstić information content (AvgIpc) is 3.20. The van der Waals surface area contributed by atoms with Crippen LogP contribution in [-0.2, 0) is 28.9 Å². The Morgan fingerprint density at radius 2 is 1.14 bits per heavy atom. The van der Waals surface area contributed by atoms with Crippen molar-refractivity contribution in [1.82, 2.24) is 5.32 Å². The molecule has 0 radical (unpaired) electrons. The van der Waals surface area contributed by atoms with Crippen LogP contribution in [0.3, 0.4) is 0 Å². The average molecular weight is 864 g/mol. The molecule has 0 aromatic carbocycles. The van der Waals surface area contributed by atoms with Gasteiger partial charge < -0.3 is 40.3 Å². The van der Waals surface area contributed by atoms with Gasteiger partial charge in [-0.15, -0.1) is 0 Å². The quantitative estimate of drug-likeness (QED) is 0.0179.